The van der Waals surface area contributed by atoms with Crippen molar-refractivity contribution in [3.8, 4) is 0 Å². The summed E-state index contributed by atoms with van der Waals surface area (Å²) in [6.07, 6.45) is 1.89. The number of benzene rings is 1. The summed E-state index contributed by atoms with van der Waals surface area (Å²) in [5.74, 6) is 0.537. The third-order valence-corrected chi connectivity index (χ3v) is 3.37. The van der Waals surface area contributed by atoms with E-state index in [0.717, 1.165) is 4.47 Å². The molecule has 0 fully saturated rings. The standard InChI is InChI=1S/C9H8BrClOS/c1-13-5-8(12)6-3-2-4-7(10)9(6)11/h2-4H,5H2,1H3. The average molecular weight is 280 g/mol. The van der Waals surface area contributed by atoms with Crippen molar-refractivity contribution in [2.24, 2.45) is 0 Å². The fourth-order valence-electron chi connectivity index (χ4n) is 0.928. The summed E-state index contributed by atoms with van der Waals surface area (Å²) >= 11 is 10.7. The Morgan fingerprint density at radius 3 is 2.92 bits per heavy atom. The predicted molar refractivity (Wildman–Crippen MR) is 61.9 cm³/mol. The molecule has 0 saturated carbocycles. The van der Waals surface area contributed by atoms with Gasteiger partial charge < -0.3 is 0 Å². The molecule has 0 radical (unpaired) electrons. The number of carbonyl (C=O) groups is 1. The van der Waals surface area contributed by atoms with E-state index < -0.39 is 0 Å². The Morgan fingerprint density at radius 1 is 1.62 bits per heavy atom. The van der Waals surface area contributed by atoms with Gasteiger partial charge in [-0.25, -0.2) is 0 Å². The molecule has 1 nitrogen and oxygen atoms in total. The quantitative estimate of drug-likeness (QED) is 0.786. The van der Waals surface area contributed by atoms with E-state index in [4.69, 9.17) is 11.6 Å². The lowest BCUT2D eigenvalue weighted by Gasteiger charge is -2.03. The Balaban J connectivity index is 3.01. The smallest absolute Gasteiger partial charge is 0.174 e. The zero-order valence-corrected chi connectivity index (χ0v) is 10.2. The van der Waals surface area contributed by atoms with Crippen molar-refractivity contribution < 1.29 is 4.79 Å². The SMILES string of the molecule is CSCC(=O)c1cccc(Br)c1Cl. The average Bonchev–Trinajstić information content (AvgIpc) is 2.10. The molecule has 0 bridgehead atoms. The number of halogens is 2. The molecule has 0 saturated heterocycles. The Hall–Kier alpha value is 0.01000. The predicted octanol–water partition coefficient (Wildman–Crippen LogP) is 3.65. The van der Waals surface area contributed by atoms with Crippen molar-refractivity contribution in [1.29, 1.82) is 0 Å². The Morgan fingerprint density at radius 2 is 2.31 bits per heavy atom. The van der Waals surface area contributed by atoms with Crippen LogP contribution in [0.4, 0.5) is 0 Å². The second kappa shape index (κ2) is 5.03. The van der Waals surface area contributed by atoms with Crippen molar-refractivity contribution >= 4 is 45.1 Å². The van der Waals surface area contributed by atoms with E-state index in [1.807, 2.05) is 18.4 Å². The lowest BCUT2D eigenvalue weighted by atomic mass is 10.1. The maximum absolute atomic E-state index is 11.5. The summed E-state index contributed by atoms with van der Waals surface area (Å²) in [5, 5.41) is 0.501. The summed E-state index contributed by atoms with van der Waals surface area (Å²) in [6.45, 7) is 0. The number of ketones is 1. The first-order valence-corrected chi connectivity index (χ1v) is 6.19. The van der Waals surface area contributed by atoms with E-state index in [0.29, 0.717) is 16.3 Å². The minimum Gasteiger partial charge on any atom is -0.293 e. The van der Waals surface area contributed by atoms with E-state index in [-0.39, 0.29) is 5.78 Å². The summed E-state index contributed by atoms with van der Waals surface area (Å²) in [7, 11) is 0. The van der Waals surface area contributed by atoms with Crippen LogP contribution in [0, 0.1) is 0 Å². The summed E-state index contributed by atoms with van der Waals surface area (Å²) in [6, 6.07) is 5.37. The third kappa shape index (κ3) is 2.73. The third-order valence-electron chi connectivity index (χ3n) is 1.53. The first kappa shape index (κ1) is 11.1. The molecule has 0 amide bonds. The Bertz CT molecular complexity index is 327. The largest absolute Gasteiger partial charge is 0.293 e. The minimum absolute atomic E-state index is 0.0683. The fraction of sp³-hybridized carbons (Fsp3) is 0.222. The molecule has 0 heterocycles. The highest BCUT2D eigenvalue weighted by molar-refractivity contribution is 9.10. The van der Waals surface area contributed by atoms with Gasteiger partial charge in [0.25, 0.3) is 0 Å². The van der Waals surface area contributed by atoms with Crippen molar-refractivity contribution in [1.82, 2.24) is 0 Å². The summed E-state index contributed by atoms with van der Waals surface area (Å²) in [5.41, 5.74) is 0.588. The molecule has 0 spiro atoms. The number of carbonyl (C=O) groups excluding carboxylic acids is 1. The van der Waals surface area contributed by atoms with Crippen LogP contribution in [0.15, 0.2) is 22.7 Å². The monoisotopic (exact) mass is 278 g/mol. The first-order valence-electron chi connectivity index (χ1n) is 3.63. The van der Waals surface area contributed by atoms with Crippen LogP contribution < -0.4 is 0 Å². The van der Waals surface area contributed by atoms with Gasteiger partial charge in [0.2, 0.25) is 0 Å². The lowest BCUT2D eigenvalue weighted by Crippen LogP contribution is -2.02. The van der Waals surface area contributed by atoms with Crippen LogP contribution in [0.5, 0.6) is 0 Å². The molecule has 0 unspecified atom stereocenters. The molecule has 4 heteroatoms. The second-order valence-corrected chi connectivity index (χ2v) is 4.56. The van der Waals surface area contributed by atoms with Gasteiger partial charge in [-0.1, -0.05) is 17.7 Å². The first-order chi connectivity index (χ1) is 6.16. The van der Waals surface area contributed by atoms with Crippen LogP contribution in [0.1, 0.15) is 10.4 Å². The lowest BCUT2D eigenvalue weighted by molar-refractivity contribution is 0.102. The number of thioether (sulfide) groups is 1. The van der Waals surface area contributed by atoms with Crippen molar-refractivity contribution in [2.45, 2.75) is 0 Å². The van der Waals surface area contributed by atoms with Crippen LogP contribution in [0.2, 0.25) is 5.02 Å². The highest BCUT2D eigenvalue weighted by atomic mass is 79.9. The molecule has 70 valence electrons. The summed E-state index contributed by atoms with van der Waals surface area (Å²) in [4.78, 5) is 11.5. The van der Waals surface area contributed by atoms with Crippen molar-refractivity contribution in [3.05, 3.63) is 33.3 Å². The van der Waals surface area contributed by atoms with Crippen LogP contribution in [-0.2, 0) is 0 Å². The molecule has 0 atom stereocenters. The van der Waals surface area contributed by atoms with Crippen molar-refractivity contribution in [3.63, 3.8) is 0 Å². The van der Waals surface area contributed by atoms with E-state index in [1.54, 1.807) is 6.07 Å². The molecule has 1 rings (SSSR count). The molecular formula is C9H8BrClOS. The van der Waals surface area contributed by atoms with Gasteiger partial charge in [0.15, 0.2) is 5.78 Å². The highest BCUT2D eigenvalue weighted by Gasteiger charge is 2.10. The van der Waals surface area contributed by atoms with E-state index >= 15 is 0 Å². The van der Waals surface area contributed by atoms with Gasteiger partial charge in [0.05, 0.1) is 10.8 Å². The molecule has 1 aromatic carbocycles. The molecule has 13 heavy (non-hydrogen) atoms. The zero-order valence-electron chi connectivity index (χ0n) is 7.01. The van der Waals surface area contributed by atoms with Gasteiger partial charge in [0, 0.05) is 10.0 Å². The Labute approximate surface area is 95.0 Å². The highest BCUT2D eigenvalue weighted by Crippen LogP contribution is 2.26. The maximum atomic E-state index is 11.5. The van der Waals surface area contributed by atoms with E-state index in [2.05, 4.69) is 15.9 Å². The molecule has 0 N–H and O–H groups in total. The minimum atomic E-state index is 0.0683. The Kier molecular flexibility index (Phi) is 4.29. The van der Waals surface area contributed by atoms with Crippen LogP contribution in [0.3, 0.4) is 0 Å². The summed E-state index contributed by atoms with van der Waals surface area (Å²) < 4.78 is 0.765. The van der Waals surface area contributed by atoms with Gasteiger partial charge in [0.1, 0.15) is 0 Å². The number of hydrogen-bond donors (Lipinski definition) is 0. The van der Waals surface area contributed by atoms with Crippen LogP contribution in [-0.4, -0.2) is 17.8 Å². The van der Waals surface area contributed by atoms with Gasteiger partial charge in [-0.3, -0.25) is 4.79 Å². The van der Waals surface area contributed by atoms with Crippen LogP contribution in [0.25, 0.3) is 0 Å². The molecule has 0 aliphatic heterocycles. The number of rotatable bonds is 3. The molecule has 0 aromatic heterocycles. The van der Waals surface area contributed by atoms with Gasteiger partial charge >= 0.3 is 0 Å². The number of Topliss-reactive ketones (excluding diaryl/α,β-unsaturated/α-hetero) is 1. The van der Waals surface area contributed by atoms with E-state index in [9.17, 15) is 4.79 Å². The topological polar surface area (TPSA) is 17.1 Å². The van der Waals surface area contributed by atoms with Gasteiger partial charge in [-0.05, 0) is 34.3 Å². The molecule has 0 aliphatic rings. The molecule has 1 aromatic rings. The molecule has 0 aliphatic carbocycles. The second-order valence-electron chi connectivity index (χ2n) is 2.46. The zero-order chi connectivity index (χ0) is 9.84. The normalized spacial score (nSPS) is 10.1. The fourth-order valence-corrected chi connectivity index (χ4v) is 1.94. The van der Waals surface area contributed by atoms with Crippen molar-refractivity contribution in [2.75, 3.05) is 12.0 Å². The van der Waals surface area contributed by atoms with Gasteiger partial charge in [-0.15, -0.1) is 0 Å². The van der Waals surface area contributed by atoms with E-state index in [1.165, 1.54) is 11.8 Å². The molecular weight excluding hydrogens is 272 g/mol. The van der Waals surface area contributed by atoms with Crippen LogP contribution >= 0.6 is 39.3 Å². The maximum Gasteiger partial charge on any atom is 0.174 e. The number of hydrogen-bond acceptors (Lipinski definition) is 2. The van der Waals surface area contributed by atoms with Gasteiger partial charge in [-0.2, -0.15) is 11.8 Å².